The van der Waals surface area contributed by atoms with E-state index in [1.807, 2.05) is 0 Å². The first-order valence-electron chi connectivity index (χ1n) is 9.27. The predicted octanol–water partition coefficient (Wildman–Crippen LogP) is 3.18. The summed E-state index contributed by atoms with van der Waals surface area (Å²) in [6, 6.07) is 4.14. The number of nitrogen functional groups attached to an aromatic ring is 1. The maximum atomic E-state index is 14.2. The molecule has 30 heavy (non-hydrogen) atoms. The first-order valence-corrected chi connectivity index (χ1v) is 11.4. The van der Waals surface area contributed by atoms with E-state index >= 15 is 0 Å². The summed E-state index contributed by atoms with van der Waals surface area (Å²) in [6.45, 7) is 0.132. The van der Waals surface area contributed by atoms with Crippen LogP contribution in [0.3, 0.4) is 0 Å². The number of fused-ring (bicyclic) bond motifs is 1. The summed E-state index contributed by atoms with van der Waals surface area (Å²) < 4.78 is 40.3. The number of imidazole rings is 1. The van der Waals surface area contributed by atoms with Crippen LogP contribution in [0, 0.1) is 11.7 Å². The molecule has 0 radical (unpaired) electrons. The number of hydrogen-bond acceptors (Lipinski definition) is 8. The summed E-state index contributed by atoms with van der Waals surface area (Å²) in [5.74, 6) is -0.719. The van der Waals surface area contributed by atoms with Crippen molar-refractivity contribution in [3.05, 3.63) is 47.3 Å². The number of anilines is 1. The molecule has 0 bridgehead atoms. The van der Waals surface area contributed by atoms with Gasteiger partial charge in [-0.25, -0.2) is 19.3 Å². The van der Waals surface area contributed by atoms with Gasteiger partial charge in [0, 0.05) is 36.1 Å². The fourth-order valence-electron chi connectivity index (χ4n) is 3.45. The number of nitrogens with zero attached hydrogens (tertiary/aromatic N) is 4. The van der Waals surface area contributed by atoms with E-state index < -0.39 is 25.4 Å². The maximum absolute atomic E-state index is 14.2. The number of aliphatic hydroxyl groups is 1. The van der Waals surface area contributed by atoms with Gasteiger partial charge in [-0.3, -0.25) is 4.57 Å². The Morgan fingerprint density at radius 2 is 2.23 bits per heavy atom. The Morgan fingerprint density at radius 1 is 1.40 bits per heavy atom. The zero-order valence-corrected chi connectivity index (χ0v) is 17.5. The van der Waals surface area contributed by atoms with Crippen molar-refractivity contribution in [1.29, 1.82) is 0 Å². The zero-order valence-electron chi connectivity index (χ0n) is 15.8. The van der Waals surface area contributed by atoms with Gasteiger partial charge in [0.25, 0.3) is 0 Å². The molecule has 3 aromatic rings. The van der Waals surface area contributed by atoms with Crippen molar-refractivity contribution in [3.63, 3.8) is 0 Å². The van der Waals surface area contributed by atoms with Crippen molar-refractivity contribution in [3.8, 4) is 0 Å². The molecule has 3 atom stereocenters. The third-order valence-electron chi connectivity index (χ3n) is 4.89. The molecule has 9 nitrogen and oxygen atoms in total. The SMILES string of the molecule is Nc1ncnc2c1ncn2CC(CO)CP1(=O)OCC[C@@H](c2cc(Cl)ccc2F)O1. The molecular weight excluding hydrogens is 436 g/mol. The lowest BCUT2D eigenvalue weighted by Gasteiger charge is -2.32. The highest BCUT2D eigenvalue weighted by Gasteiger charge is 2.37. The van der Waals surface area contributed by atoms with Gasteiger partial charge in [-0.15, -0.1) is 0 Å². The fraction of sp³-hybridized carbons (Fsp3) is 0.389. The lowest BCUT2D eigenvalue weighted by atomic mass is 10.1. The van der Waals surface area contributed by atoms with Crippen LogP contribution in [0.25, 0.3) is 11.2 Å². The van der Waals surface area contributed by atoms with Gasteiger partial charge < -0.3 is 24.5 Å². The summed E-state index contributed by atoms with van der Waals surface area (Å²) in [5.41, 5.74) is 6.98. The van der Waals surface area contributed by atoms with E-state index in [-0.39, 0.29) is 37.3 Å². The van der Waals surface area contributed by atoms with Crippen LogP contribution in [-0.2, 0) is 20.2 Å². The van der Waals surface area contributed by atoms with Crippen LogP contribution in [0.5, 0.6) is 0 Å². The molecule has 2 aromatic heterocycles. The van der Waals surface area contributed by atoms with Gasteiger partial charge in [-0.2, -0.15) is 0 Å². The summed E-state index contributed by atoms with van der Waals surface area (Å²) in [5, 5.41) is 10.2. The topological polar surface area (TPSA) is 125 Å². The summed E-state index contributed by atoms with van der Waals surface area (Å²) in [6.07, 6.45) is 2.39. The van der Waals surface area contributed by atoms with Crippen LogP contribution in [0.4, 0.5) is 10.2 Å². The smallest absolute Gasteiger partial charge is 0.331 e. The monoisotopic (exact) mass is 455 g/mol. The molecule has 160 valence electrons. The van der Waals surface area contributed by atoms with Gasteiger partial charge in [0.1, 0.15) is 17.7 Å². The third kappa shape index (κ3) is 4.33. The standard InChI is InChI=1S/C18H20ClFN5O4P/c19-12-1-2-14(20)13(5-12)15-3-4-28-30(27,29-15)8-11(7-26)6-25-10-24-16-17(21)22-9-23-18(16)25/h1-2,5,9-11,15,26H,3-4,6-8H2,(H2,21,22,23)/t11?,15-,30?/m0/s1. The highest BCUT2D eigenvalue weighted by Crippen LogP contribution is 2.57. The minimum Gasteiger partial charge on any atom is -0.396 e. The Labute approximate surface area is 176 Å². The van der Waals surface area contributed by atoms with E-state index in [0.29, 0.717) is 22.6 Å². The molecule has 0 amide bonds. The molecule has 1 aromatic carbocycles. The minimum atomic E-state index is -3.59. The van der Waals surface area contributed by atoms with Crippen LogP contribution in [0.1, 0.15) is 18.1 Å². The number of benzene rings is 1. The zero-order chi connectivity index (χ0) is 21.3. The van der Waals surface area contributed by atoms with E-state index in [0.717, 1.165) is 0 Å². The van der Waals surface area contributed by atoms with Crippen molar-refractivity contribution in [2.24, 2.45) is 5.92 Å². The van der Waals surface area contributed by atoms with Crippen molar-refractivity contribution in [2.75, 3.05) is 25.1 Å². The predicted molar refractivity (Wildman–Crippen MR) is 109 cm³/mol. The molecule has 2 unspecified atom stereocenters. The lowest BCUT2D eigenvalue weighted by Crippen LogP contribution is -2.23. The molecule has 0 saturated carbocycles. The van der Waals surface area contributed by atoms with Gasteiger partial charge in [-0.05, 0) is 18.2 Å². The summed E-state index contributed by atoms with van der Waals surface area (Å²) in [4.78, 5) is 12.2. The average molecular weight is 456 g/mol. The first-order chi connectivity index (χ1) is 14.4. The second-order valence-electron chi connectivity index (χ2n) is 7.05. The van der Waals surface area contributed by atoms with Crippen LogP contribution in [0.2, 0.25) is 5.02 Å². The molecule has 0 aliphatic carbocycles. The maximum Gasteiger partial charge on any atom is 0.331 e. The van der Waals surface area contributed by atoms with Gasteiger partial charge in [0.2, 0.25) is 0 Å². The Hall–Kier alpha value is -2.10. The Balaban J connectivity index is 1.51. The number of aliphatic hydroxyl groups excluding tert-OH is 1. The van der Waals surface area contributed by atoms with Crippen molar-refractivity contribution < 1.29 is 23.1 Å². The summed E-state index contributed by atoms with van der Waals surface area (Å²) in [7, 11) is -3.59. The van der Waals surface area contributed by atoms with Crippen LogP contribution >= 0.6 is 19.2 Å². The fourth-order valence-corrected chi connectivity index (χ4v) is 5.73. The Kier molecular flexibility index (Phi) is 6.04. The average Bonchev–Trinajstić information content (AvgIpc) is 3.13. The summed E-state index contributed by atoms with van der Waals surface area (Å²) >= 11 is 5.97. The quantitative estimate of drug-likeness (QED) is 0.543. The molecule has 4 rings (SSSR count). The number of hydrogen-bond donors (Lipinski definition) is 2. The van der Waals surface area contributed by atoms with Crippen molar-refractivity contribution in [2.45, 2.75) is 19.1 Å². The van der Waals surface area contributed by atoms with Crippen molar-refractivity contribution >= 4 is 36.2 Å². The number of aromatic nitrogens is 4. The Bertz CT molecular complexity index is 1110. The third-order valence-corrected chi connectivity index (χ3v) is 7.24. The molecule has 0 spiro atoms. The second kappa shape index (κ2) is 8.56. The van der Waals surface area contributed by atoms with E-state index in [1.54, 1.807) is 4.57 Å². The normalized spacial score (nSPS) is 23.0. The number of halogens is 2. The Morgan fingerprint density at radius 3 is 3.03 bits per heavy atom. The minimum absolute atomic E-state index is 0.0532. The molecule has 12 heteroatoms. The van der Waals surface area contributed by atoms with Gasteiger partial charge in [-0.1, -0.05) is 11.6 Å². The molecule has 1 fully saturated rings. The van der Waals surface area contributed by atoms with E-state index in [1.165, 1.54) is 30.9 Å². The van der Waals surface area contributed by atoms with E-state index in [2.05, 4.69) is 15.0 Å². The lowest BCUT2D eigenvalue weighted by molar-refractivity contribution is 0.0750. The highest BCUT2D eigenvalue weighted by atomic mass is 35.5. The second-order valence-corrected chi connectivity index (χ2v) is 9.54. The van der Waals surface area contributed by atoms with E-state index in [9.17, 15) is 14.1 Å². The number of rotatable bonds is 6. The molecule has 1 aliphatic rings. The van der Waals surface area contributed by atoms with Gasteiger partial charge >= 0.3 is 7.60 Å². The highest BCUT2D eigenvalue weighted by molar-refractivity contribution is 7.53. The van der Waals surface area contributed by atoms with Crippen molar-refractivity contribution in [1.82, 2.24) is 19.5 Å². The molecular formula is C18H20ClFN5O4P. The van der Waals surface area contributed by atoms with Crippen LogP contribution in [0.15, 0.2) is 30.9 Å². The molecule has 3 heterocycles. The van der Waals surface area contributed by atoms with E-state index in [4.69, 9.17) is 26.4 Å². The van der Waals surface area contributed by atoms with Crippen LogP contribution < -0.4 is 5.73 Å². The molecule has 1 aliphatic heterocycles. The largest absolute Gasteiger partial charge is 0.396 e. The van der Waals surface area contributed by atoms with Crippen LogP contribution in [-0.4, -0.2) is 44.0 Å². The van der Waals surface area contributed by atoms with Gasteiger partial charge in [0.15, 0.2) is 11.5 Å². The number of nitrogens with two attached hydrogens (primary N) is 1. The first kappa shape index (κ1) is 21.1. The molecule has 3 N–H and O–H groups in total. The molecule has 1 saturated heterocycles. The van der Waals surface area contributed by atoms with Gasteiger partial charge in [0.05, 0.1) is 25.2 Å².